The van der Waals surface area contributed by atoms with E-state index >= 15 is 0 Å². The zero-order valence-electron chi connectivity index (χ0n) is 12.2. The molecule has 1 N–H and O–H groups in total. The van der Waals surface area contributed by atoms with E-state index in [1.54, 1.807) is 0 Å². The van der Waals surface area contributed by atoms with Gasteiger partial charge in [0.05, 0.1) is 6.10 Å². The van der Waals surface area contributed by atoms with Gasteiger partial charge in [-0.05, 0) is 54.9 Å². The number of carbonyl (C=O) groups excluding carboxylic acids is 1. The molecule has 0 aromatic rings. The van der Waals surface area contributed by atoms with Gasteiger partial charge >= 0.3 is 6.09 Å². The fourth-order valence-electron chi connectivity index (χ4n) is 1.19. The Morgan fingerprint density at radius 1 is 1.18 bits per heavy atom. The Hall–Kier alpha value is -0.770. The quantitative estimate of drug-likeness (QED) is 0.809. The summed E-state index contributed by atoms with van der Waals surface area (Å²) in [6.45, 7) is 14.1. The Balaban J connectivity index is 4.03. The van der Waals surface area contributed by atoms with Gasteiger partial charge < -0.3 is 14.8 Å². The van der Waals surface area contributed by atoms with Gasteiger partial charge in [0.1, 0.15) is 5.60 Å². The van der Waals surface area contributed by atoms with Gasteiger partial charge in [0.15, 0.2) is 0 Å². The Kier molecular flexibility index (Phi) is 5.96. The summed E-state index contributed by atoms with van der Waals surface area (Å²) in [6.07, 6.45) is 0.587. The highest BCUT2D eigenvalue weighted by atomic mass is 16.6. The molecule has 0 heterocycles. The van der Waals surface area contributed by atoms with E-state index in [0.29, 0.717) is 6.61 Å². The van der Waals surface area contributed by atoms with Crippen molar-refractivity contribution >= 4 is 6.09 Å². The fourth-order valence-corrected chi connectivity index (χ4v) is 1.19. The molecule has 0 saturated carbocycles. The number of hydrogen-bond acceptors (Lipinski definition) is 3. The number of rotatable bonds is 5. The Labute approximate surface area is 105 Å². The van der Waals surface area contributed by atoms with Gasteiger partial charge in [-0.25, -0.2) is 4.79 Å². The van der Waals surface area contributed by atoms with Crippen molar-refractivity contribution in [1.29, 1.82) is 0 Å². The molecule has 1 amide bonds. The molecule has 0 atom stereocenters. The van der Waals surface area contributed by atoms with Crippen LogP contribution in [0.5, 0.6) is 0 Å². The van der Waals surface area contributed by atoms with Gasteiger partial charge in [0, 0.05) is 12.1 Å². The summed E-state index contributed by atoms with van der Waals surface area (Å²) in [4.78, 5) is 11.6. The maximum atomic E-state index is 11.6. The fraction of sp³-hybridized carbons (Fsp3) is 0.923. The summed E-state index contributed by atoms with van der Waals surface area (Å²) in [6, 6.07) is 0. The lowest BCUT2D eigenvalue weighted by atomic mass is 10.0. The molecule has 0 saturated heterocycles. The van der Waals surface area contributed by atoms with Crippen molar-refractivity contribution < 1.29 is 14.3 Å². The van der Waals surface area contributed by atoms with Crippen LogP contribution >= 0.6 is 0 Å². The predicted molar refractivity (Wildman–Crippen MR) is 69.2 cm³/mol. The van der Waals surface area contributed by atoms with Gasteiger partial charge in [-0.15, -0.1) is 0 Å². The smallest absolute Gasteiger partial charge is 0.408 e. The van der Waals surface area contributed by atoms with Crippen LogP contribution in [0.1, 0.15) is 54.9 Å². The third-order valence-corrected chi connectivity index (χ3v) is 2.02. The van der Waals surface area contributed by atoms with Crippen LogP contribution in [0.4, 0.5) is 4.79 Å². The number of amides is 1. The van der Waals surface area contributed by atoms with Crippen LogP contribution in [0.25, 0.3) is 0 Å². The first kappa shape index (κ1) is 16.2. The van der Waals surface area contributed by atoms with Crippen molar-refractivity contribution in [3.05, 3.63) is 0 Å². The van der Waals surface area contributed by atoms with E-state index in [9.17, 15) is 4.79 Å². The molecule has 17 heavy (non-hydrogen) atoms. The summed E-state index contributed by atoms with van der Waals surface area (Å²) in [5, 5.41) is 2.85. The largest absolute Gasteiger partial charge is 0.444 e. The number of alkyl carbamates (subject to hydrolysis) is 1. The molecule has 102 valence electrons. The maximum absolute atomic E-state index is 11.6. The van der Waals surface area contributed by atoms with Gasteiger partial charge in [0.2, 0.25) is 0 Å². The second kappa shape index (κ2) is 6.24. The second-order valence-corrected chi connectivity index (χ2v) is 6.18. The average Bonchev–Trinajstić information content (AvgIpc) is 1.96. The second-order valence-electron chi connectivity index (χ2n) is 6.18. The lowest BCUT2D eigenvalue weighted by molar-refractivity contribution is 0.0394. The SMILES string of the molecule is CC(C)OCCC(C)(C)NC(=O)OC(C)(C)C. The number of hydrogen-bond donors (Lipinski definition) is 1. The van der Waals surface area contributed by atoms with Crippen molar-refractivity contribution in [2.45, 2.75) is 72.1 Å². The highest BCUT2D eigenvalue weighted by Crippen LogP contribution is 2.12. The molecule has 4 heteroatoms. The molecule has 0 rings (SSSR count). The predicted octanol–water partition coefficient (Wildman–Crippen LogP) is 3.10. The Morgan fingerprint density at radius 3 is 2.12 bits per heavy atom. The van der Waals surface area contributed by atoms with Crippen molar-refractivity contribution in [1.82, 2.24) is 5.32 Å². The molecular weight excluding hydrogens is 218 g/mol. The third-order valence-electron chi connectivity index (χ3n) is 2.02. The summed E-state index contributed by atoms with van der Waals surface area (Å²) >= 11 is 0. The molecule has 0 bridgehead atoms. The van der Waals surface area contributed by atoms with Crippen molar-refractivity contribution in [2.24, 2.45) is 0 Å². The minimum absolute atomic E-state index is 0.215. The summed E-state index contributed by atoms with van der Waals surface area (Å²) in [7, 11) is 0. The van der Waals surface area contributed by atoms with E-state index in [4.69, 9.17) is 9.47 Å². The van der Waals surface area contributed by atoms with Crippen molar-refractivity contribution in [3.8, 4) is 0 Å². The first-order valence-corrected chi connectivity index (χ1v) is 6.15. The lowest BCUT2D eigenvalue weighted by Gasteiger charge is -2.28. The standard InChI is InChI=1S/C13H27NO3/c1-10(2)16-9-8-13(6,7)14-11(15)17-12(3,4)5/h10H,8-9H2,1-7H3,(H,14,15). The molecule has 0 aliphatic rings. The summed E-state index contributed by atoms with van der Waals surface area (Å²) in [5.41, 5.74) is -0.786. The molecular formula is C13H27NO3. The van der Waals surface area contributed by atoms with E-state index < -0.39 is 5.60 Å². The normalized spacial score (nSPS) is 12.7. The van der Waals surface area contributed by atoms with Crippen LogP contribution in [-0.2, 0) is 9.47 Å². The van der Waals surface area contributed by atoms with Gasteiger partial charge in [-0.1, -0.05) is 0 Å². The highest BCUT2D eigenvalue weighted by Gasteiger charge is 2.24. The first-order chi connectivity index (χ1) is 7.52. The molecule has 0 unspecified atom stereocenters. The molecule has 0 spiro atoms. The minimum Gasteiger partial charge on any atom is -0.444 e. The van der Waals surface area contributed by atoms with Crippen LogP contribution in [0.3, 0.4) is 0 Å². The van der Waals surface area contributed by atoms with Gasteiger partial charge in [-0.2, -0.15) is 0 Å². The lowest BCUT2D eigenvalue weighted by Crippen LogP contribution is -2.46. The van der Waals surface area contributed by atoms with Crippen molar-refractivity contribution in [3.63, 3.8) is 0 Å². The van der Waals surface area contributed by atoms with Crippen LogP contribution in [0.2, 0.25) is 0 Å². The molecule has 0 fully saturated rings. The monoisotopic (exact) mass is 245 g/mol. The highest BCUT2D eigenvalue weighted by molar-refractivity contribution is 5.68. The number of ether oxygens (including phenoxy) is 2. The molecule has 0 aliphatic carbocycles. The van der Waals surface area contributed by atoms with Crippen LogP contribution < -0.4 is 5.32 Å². The molecule has 0 radical (unpaired) electrons. The van der Waals surface area contributed by atoms with Crippen LogP contribution in [-0.4, -0.2) is 29.9 Å². The van der Waals surface area contributed by atoms with Crippen LogP contribution in [0, 0.1) is 0 Å². The number of carbonyl (C=O) groups is 1. The van der Waals surface area contributed by atoms with Gasteiger partial charge in [0.25, 0.3) is 0 Å². The molecule has 0 aromatic carbocycles. The zero-order valence-corrected chi connectivity index (χ0v) is 12.2. The molecule has 0 aromatic heterocycles. The van der Waals surface area contributed by atoms with E-state index in [0.717, 1.165) is 6.42 Å². The van der Waals surface area contributed by atoms with E-state index in [-0.39, 0.29) is 17.7 Å². The Bertz CT molecular complexity index is 242. The maximum Gasteiger partial charge on any atom is 0.408 e. The summed E-state index contributed by atoms with van der Waals surface area (Å²) in [5.74, 6) is 0. The first-order valence-electron chi connectivity index (χ1n) is 6.15. The Morgan fingerprint density at radius 2 is 1.71 bits per heavy atom. The minimum atomic E-state index is -0.464. The zero-order chi connectivity index (χ0) is 13.7. The van der Waals surface area contributed by atoms with E-state index in [2.05, 4.69) is 5.32 Å². The topological polar surface area (TPSA) is 47.6 Å². The molecule has 4 nitrogen and oxygen atoms in total. The van der Waals surface area contributed by atoms with Crippen molar-refractivity contribution in [2.75, 3.05) is 6.61 Å². The average molecular weight is 245 g/mol. The van der Waals surface area contributed by atoms with Crippen LogP contribution in [0.15, 0.2) is 0 Å². The van der Waals surface area contributed by atoms with E-state index in [1.165, 1.54) is 0 Å². The van der Waals surface area contributed by atoms with Gasteiger partial charge in [-0.3, -0.25) is 0 Å². The third kappa shape index (κ3) is 10.1. The molecule has 0 aliphatic heterocycles. The number of nitrogens with one attached hydrogen (secondary N) is 1. The van der Waals surface area contributed by atoms with E-state index in [1.807, 2.05) is 48.5 Å². The summed E-state index contributed by atoms with van der Waals surface area (Å²) < 4.78 is 10.7.